The van der Waals surface area contributed by atoms with Crippen molar-refractivity contribution in [2.24, 2.45) is 5.92 Å². The number of aliphatic hydroxyl groups is 1. The Morgan fingerprint density at radius 2 is 2.17 bits per heavy atom. The molecule has 0 aromatic rings. The van der Waals surface area contributed by atoms with Crippen LogP contribution in [0.3, 0.4) is 0 Å². The van der Waals surface area contributed by atoms with Gasteiger partial charge in [-0.25, -0.2) is 0 Å². The molecule has 1 unspecified atom stereocenters. The Labute approximate surface area is 73.9 Å². The van der Waals surface area contributed by atoms with E-state index in [2.05, 4.69) is 6.92 Å². The molecule has 2 rings (SSSR count). The lowest BCUT2D eigenvalue weighted by Gasteiger charge is -2.32. The van der Waals surface area contributed by atoms with Crippen LogP contribution >= 0.6 is 0 Å². The summed E-state index contributed by atoms with van der Waals surface area (Å²) < 4.78 is 5.58. The van der Waals surface area contributed by atoms with Crippen molar-refractivity contribution in [1.29, 1.82) is 0 Å². The fraction of sp³-hybridized carbons (Fsp3) is 1.00. The molecule has 2 fully saturated rings. The summed E-state index contributed by atoms with van der Waals surface area (Å²) in [7, 11) is 0. The number of hydrogen-bond donors (Lipinski definition) is 1. The summed E-state index contributed by atoms with van der Waals surface area (Å²) in [5.74, 6) is 0.429. The fourth-order valence-corrected chi connectivity index (χ4v) is 2.29. The molecular formula is C10H18O2. The van der Waals surface area contributed by atoms with Crippen molar-refractivity contribution in [3.05, 3.63) is 0 Å². The van der Waals surface area contributed by atoms with Gasteiger partial charge in [0.2, 0.25) is 0 Å². The molecule has 0 radical (unpaired) electrons. The summed E-state index contributed by atoms with van der Waals surface area (Å²) in [4.78, 5) is 0. The van der Waals surface area contributed by atoms with E-state index in [0.717, 1.165) is 19.3 Å². The molecule has 0 bridgehead atoms. The molecule has 2 aliphatic rings. The molecule has 0 amide bonds. The summed E-state index contributed by atoms with van der Waals surface area (Å²) in [6.07, 6.45) is 3.70. The summed E-state index contributed by atoms with van der Waals surface area (Å²) in [6.45, 7) is 5.99. The first-order valence-electron chi connectivity index (χ1n) is 4.82. The van der Waals surface area contributed by atoms with Gasteiger partial charge in [0, 0.05) is 0 Å². The van der Waals surface area contributed by atoms with E-state index in [1.807, 2.05) is 13.8 Å². The predicted octanol–water partition coefficient (Wildman–Crippen LogP) is 1.71. The number of ether oxygens (including phenoxy) is 1. The van der Waals surface area contributed by atoms with Crippen molar-refractivity contribution in [2.45, 2.75) is 57.3 Å². The minimum Gasteiger partial charge on any atom is -0.390 e. The highest BCUT2D eigenvalue weighted by Crippen LogP contribution is 2.51. The van der Waals surface area contributed by atoms with Gasteiger partial charge in [0.25, 0.3) is 0 Å². The van der Waals surface area contributed by atoms with Crippen LogP contribution in [0.4, 0.5) is 0 Å². The lowest BCUT2D eigenvalue weighted by atomic mass is 9.75. The zero-order valence-electron chi connectivity index (χ0n) is 8.13. The average molecular weight is 170 g/mol. The highest BCUT2D eigenvalue weighted by molar-refractivity contribution is 5.05. The number of rotatable bonds is 1. The lowest BCUT2D eigenvalue weighted by molar-refractivity contribution is 0.00186. The van der Waals surface area contributed by atoms with Gasteiger partial charge in [-0.1, -0.05) is 0 Å². The molecule has 2 nitrogen and oxygen atoms in total. The third-order valence-electron chi connectivity index (χ3n) is 3.52. The van der Waals surface area contributed by atoms with Crippen LogP contribution < -0.4 is 0 Å². The Kier molecular flexibility index (Phi) is 1.59. The van der Waals surface area contributed by atoms with Gasteiger partial charge in [-0.15, -0.1) is 0 Å². The molecule has 70 valence electrons. The minimum atomic E-state index is -0.521. The maximum atomic E-state index is 9.81. The van der Waals surface area contributed by atoms with Crippen LogP contribution in [0.15, 0.2) is 0 Å². The molecule has 0 aromatic carbocycles. The smallest absolute Gasteiger partial charge is 0.0920 e. The second-order valence-corrected chi connectivity index (χ2v) is 5.04. The quantitative estimate of drug-likeness (QED) is 0.608. The van der Waals surface area contributed by atoms with Crippen LogP contribution in [-0.4, -0.2) is 22.4 Å². The van der Waals surface area contributed by atoms with E-state index in [-0.39, 0.29) is 5.60 Å². The first kappa shape index (κ1) is 8.52. The van der Waals surface area contributed by atoms with Gasteiger partial charge in [0.1, 0.15) is 0 Å². The number of fused-ring (bicyclic) bond motifs is 1. The molecule has 2 heteroatoms. The third-order valence-corrected chi connectivity index (χ3v) is 3.52. The van der Waals surface area contributed by atoms with Crippen LogP contribution in [0.1, 0.15) is 40.0 Å². The summed E-state index contributed by atoms with van der Waals surface area (Å²) in [5.41, 5.74) is -0.338. The summed E-state index contributed by atoms with van der Waals surface area (Å²) >= 11 is 0. The molecule has 1 saturated carbocycles. The zero-order chi connectivity index (χ0) is 8.98. The molecule has 0 aromatic heterocycles. The van der Waals surface area contributed by atoms with Gasteiger partial charge in [-0.2, -0.15) is 0 Å². The second-order valence-electron chi connectivity index (χ2n) is 5.04. The topological polar surface area (TPSA) is 32.8 Å². The van der Waals surface area contributed by atoms with Crippen LogP contribution in [0.2, 0.25) is 0 Å². The predicted molar refractivity (Wildman–Crippen MR) is 46.9 cm³/mol. The highest BCUT2D eigenvalue weighted by Gasteiger charge is 2.56. The molecule has 1 saturated heterocycles. The average Bonchev–Trinajstić information content (AvgIpc) is 2.56. The molecule has 12 heavy (non-hydrogen) atoms. The maximum absolute atomic E-state index is 9.81. The van der Waals surface area contributed by atoms with Gasteiger partial charge in [-0.05, 0) is 46.0 Å². The first-order chi connectivity index (χ1) is 5.42. The summed E-state index contributed by atoms with van der Waals surface area (Å²) in [6, 6.07) is 0. The number of epoxide rings is 1. The standard InChI is InChI=1S/C10H18O2/c1-9(2,11)7-4-5-10(3)8(6-7)12-10/h7-8,11H,4-6H2,1-3H3/t7-,8?,10+/m1/s1. The van der Waals surface area contributed by atoms with Gasteiger partial charge in [0.15, 0.2) is 0 Å². The Balaban J connectivity index is 1.98. The number of hydrogen-bond acceptors (Lipinski definition) is 2. The van der Waals surface area contributed by atoms with Crippen molar-refractivity contribution >= 4 is 0 Å². The van der Waals surface area contributed by atoms with E-state index in [9.17, 15) is 5.11 Å². The SMILES string of the molecule is CC(C)(O)[C@@H]1CC[C@]2(C)OC2C1. The van der Waals surface area contributed by atoms with E-state index in [4.69, 9.17) is 4.74 Å². The zero-order valence-corrected chi connectivity index (χ0v) is 8.13. The van der Waals surface area contributed by atoms with Gasteiger partial charge in [-0.3, -0.25) is 0 Å². The molecule has 3 atom stereocenters. The molecule has 1 heterocycles. The Morgan fingerprint density at radius 1 is 1.50 bits per heavy atom. The normalized spacial score (nSPS) is 47.0. The van der Waals surface area contributed by atoms with Crippen molar-refractivity contribution in [3.8, 4) is 0 Å². The van der Waals surface area contributed by atoms with Crippen molar-refractivity contribution in [2.75, 3.05) is 0 Å². The van der Waals surface area contributed by atoms with Crippen LogP contribution in [-0.2, 0) is 4.74 Å². The maximum Gasteiger partial charge on any atom is 0.0920 e. The van der Waals surface area contributed by atoms with Gasteiger partial charge >= 0.3 is 0 Å². The van der Waals surface area contributed by atoms with E-state index < -0.39 is 5.60 Å². The van der Waals surface area contributed by atoms with E-state index in [1.54, 1.807) is 0 Å². The molecule has 1 aliphatic heterocycles. The lowest BCUT2D eigenvalue weighted by Crippen LogP contribution is -2.36. The van der Waals surface area contributed by atoms with Gasteiger partial charge < -0.3 is 9.84 Å². The summed E-state index contributed by atoms with van der Waals surface area (Å²) in [5, 5.41) is 9.81. The van der Waals surface area contributed by atoms with Crippen molar-refractivity contribution < 1.29 is 9.84 Å². The van der Waals surface area contributed by atoms with Crippen LogP contribution in [0, 0.1) is 5.92 Å². The molecule has 1 aliphatic carbocycles. The molecule has 1 N–H and O–H groups in total. The van der Waals surface area contributed by atoms with E-state index in [1.165, 1.54) is 0 Å². The van der Waals surface area contributed by atoms with Gasteiger partial charge in [0.05, 0.1) is 17.3 Å². The first-order valence-corrected chi connectivity index (χ1v) is 4.82. The van der Waals surface area contributed by atoms with E-state index in [0.29, 0.717) is 12.0 Å². The van der Waals surface area contributed by atoms with Crippen molar-refractivity contribution in [1.82, 2.24) is 0 Å². The molecular weight excluding hydrogens is 152 g/mol. The monoisotopic (exact) mass is 170 g/mol. The minimum absolute atomic E-state index is 0.182. The Hall–Kier alpha value is -0.0800. The molecule has 0 spiro atoms. The second kappa shape index (κ2) is 2.24. The Bertz CT molecular complexity index is 195. The van der Waals surface area contributed by atoms with E-state index >= 15 is 0 Å². The third kappa shape index (κ3) is 1.27. The highest BCUT2D eigenvalue weighted by atomic mass is 16.6. The van der Waals surface area contributed by atoms with Crippen LogP contribution in [0.25, 0.3) is 0 Å². The van der Waals surface area contributed by atoms with Crippen LogP contribution in [0.5, 0.6) is 0 Å². The largest absolute Gasteiger partial charge is 0.390 e. The van der Waals surface area contributed by atoms with Crippen molar-refractivity contribution in [3.63, 3.8) is 0 Å². The fourth-order valence-electron chi connectivity index (χ4n) is 2.29. The Morgan fingerprint density at radius 3 is 2.67 bits per heavy atom.